The third-order valence-electron chi connectivity index (χ3n) is 4.76. The maximum Gasteiger partial charge on any atom is 0.273 e. The van der Waals surface area contributed by atoms with Crippen molar-refractivity contribution in [2.45, 2.75) is 44.8 Å². The highest BCUT2D eigenvalue weighted by Crippen LogP contribution is 2.41. The van der Waals surface area contributed by atoms with Crippen LogP contribution in [0.3, 0.4) is 0 Å². The molecule has 6 nitrogen and oxygen atoms in total. The van der Waals surface area contributed by atoms with Gasteiger partial charge in [-0.1, -0.05) is 19.0 Å². The molecule has 1 fully saturated rings. The summed E-state index contributed by atoms with van der Waals surface area (Å²) < 4.78 is 24.3. The van der Waals surface area contributed by atoms with Gasteiger partial charge in [0.1, 0.15) is 17.3 Å². The number of aromatic nitrogens is 1. The Kier molecular flexibility index (Phi) is 5.27. The van der Waals surface area contributed by atoms with E-state index in [9.17, 15) is 14.3 Å². The van der Waals surface area contributed by atoms with Gasteiger partial charge in [-0.15, -0.1) is 0 Å². The van der Waals surface area contributed by atoms with E-state index in [1.165, 1.54) is 25.3 Å². The number of aliphatic hydroxyl groups excluding tert-OH is 1. The molecule has 1 atom stereocenters. The van der Waals surface area contributed by atoms with Crippen molar-refractivity contribution in [1.82, 2.24) is 10.5 Å². The highest BCUT2D eigenvalue weighted by molar-refractivity contribution is 5.92. The zero-order valence-electron chi connectivity index (χ0n) is 15.0. The van der Waals surface area contributed by atoms with Gasteiger partial charge in [0.2, 0.25) is 0 Å². The molecular weight excluding hydrogens is 339 g/mol. The van der Waals surface area contributed by atoms with Crippen molar-refractivity contribution in [2.24, 2.45) is 5.92 Å². The minimum Gasteiger partial charge on any atom is -0.496 e. The van der Waals surface area contributed by atoms with E-state index in [0.717, 1.165) is 0 Å². The van der Waals surface area contributed by atoms with Crippen LogP contribution in [0.1, 0.15) is 60.5 Å². The molecule has 1 aliphatic rings. The number of carbonyl (C=O) groups excluding carboxylic acids is 1. The first-order valence-electron chi connectivity index (χ1n) is 8.68. The highest BCUT2D eigenvalue weighted by Gasteiger charge is 2.37. The van der Waals surface area contributed by atoms with Gasteiger partial charge in [-0.05, 0) is 37.0 Å². The summed E-state index contributed by atoms with van der Waals surface area (Å²) >= 11 is 0. The smallest absolute Gasteiger partial charge is 0.273 e. The summed E-state index contributed by atoms with van der Waals surface area (Å²) in [6.07, 6.45) is 0.653. The maximum atomic E-state index is 13.8. The molecule has 1 unspecified atom stereocenters. The molecule has 0 aliphatic heterocycles. The van der Waals surface area contributed by atoms with Gasteiger partial charge in [0.05, 0.1) is 19.3 Å². The number of nitrogens with zero attached hydrogens (tertiary/aromatic N) is 1. The van der Waals surface area contributed by atoms with E-state index in [1.54, 1.807) is 6.07 Å². The number of rotatable bonds is 6. The first kappa shape index (κ1) is 18.4. The Morgan fingerprint density at radius 1 is 1.38 bits per heavy atom. The molecule has 1 heterocycles. The van der Waals surface area contributed by atoms with Crippen LogP contribution >= 0.6 is 0 Å². The molecule has 26 heavy (non-hydrogen) atoms. The van der Waals surface area contributed by atoms with Crippen LogP contribution in [0.5, 0.6) is 5.75 Å². The molecule has 2 aromatic rings. The molecule has 7 heteroatoms. The summed E-state index contributed by atoms with van der Waals surface area (Å²) in [5, 5.41) is 16.4. The average Bonchev–Trinajstić information content (AvgIpc) is 3.07. The second-order valence-electron chi connectivity index (χ2n) is 6.99. The van der Waals surface area contributed by atoms with Crippen LogP contribution in [0, 0.1) is 11.7 Å². The van der Waals surface area contributed by atoms with Crippen LogP contribution in [0.2, 0.25) is 0 Å². The van der Waals surface area contributed by atoms with Gasteiger partial charge < -0.3 is 19.7 Å². The molecule has 1 aromatic carbocycles. The van der Waals surface area contributed by atoms with Crippen molar-refractivity contribution in [1.29, 1.82) is 0 Å². The first-order chi connectivity index (χ1) is 12.4. The van der Waals surface area contributed by atoms with Crippen molar-refractivity contribution < 1.29 is 23.6 Å². The number of halogens is 1. The summed E-state index contributed by atoms with van der Waals surface area (Å²) in [5.41, 5.74) is 0.722. The minimum atomic E-state index is -0.490. The zero-order valence-corrected chi connectivity index (χ0v) is 15.0. The Bertz CT molecular complexity index is 784. The van der Waals surface area contributed by atoms with Crippen LogP contribution in [0.25, 0.3) is 0 Å². The van der Waals surface area contributed by atoms with Gasteiger partial charge in [-0.2, -0.15) is 0 Å². The molecular formula is C19H23FN2O4. The van der Waals surface area contributed by atoms with E-state index in [1.807, 2.05) is 13.8 Å². The number of amides is 1. The normalized spacial score (nSPS) is 20.5. The van der Waals surface area contributed by atoms with Crippen LogP contribution in [-0.2, 0) is 0 Å². The molecule has 0 bridgehead atoms. The second-order valence-corrected chi connectivity index (χ2v) is 6.99. The van der Waals surface area contributed by atoms with E-state index in [4.69, 9.17) is 9.26 Å². The van der Waals surface area contributed by atoms with E-state index in [0.29, 0.717) is 29.9 Å². The van der Waals surface area contributed by atoms with Crippen molar-refractivity contribution in [2.75, 3.05) is 7.11 Å². The minimum absolute atomic E-state index is 0.0129. The fraction of sp³-hybridized carbons (Fsp3) is 0.474. The van der Waals surface area contributed by atoms with Gasteiger partial charge in [-0.3, -0.25) is 4.79 Å². The SMILES string of the molecule is COc1ccc(F)cc1C(NC(=O)c1cc(C(C)C)on1)C1CC(O)C1. The molecule has 0 saturated heterocycles. The molecule has 140 valence electrons. The number of hydrogen-bond donors (Lipinski definition) is 2. The maximum absolute atomic E-state index is 13.8. The average molecular weight is 362 g/mol. The quantitative estimate of drug-likeness (QED) is 0.824. The summed E-state index contributed by atoms with van der Waals surface area (Å²) in [4.78, 5) is 12.6. The molecule has 1 aliphatic carbocycles. The van der Waals surface area contributed by atoms with Crippen molar-refractivity contribution in [3.05, 3.63) is 47.1 Å². The van der Waals surface area contributed by atoms with E-state index >= 15 is 0 Å². The lowest BCUT2D eigenvalue weighted by Gasteiger charge is -2.38. The molecule has 2 N–H and O–H groups in total. The number of aliphatic hydroxyl groups is 1. The predicted octanol–water partition coefficient (Wildman–Crippen LogP) is 3.19. The Hall–Kier alpha value is -2.41. The van der Waals surface area contributed by atoms with Gasteiger partial charge in [0.25, 0.3) is 5.91 Å². The van der Waals surface area contributed by atoms with Gasteiger partial charge in [0.15, 0.2) is 5.69 Å². The third kappa shape index (κ3) is 3.72. The summed E-state index contributed by atoms with van der Waals surface area (Å²) in [7, 11) is 1.50. The van der Waals surface area contributed by atoms with Crippen LogP contribution in [-0.4, -0.2) is 29.4 Å². The van der Waals surface area contributed by atoms with Crippen LogP contribution < -0.4 is 10.1 Å². The zero-order chi connectivity index (χ0) is 18.8. The van der Waals surface area contributed by atoms with Gasteiger partial charge in [-0.25, -0.2) is 4.39 Å². The molecule has 1 amide bonds. The predicted molar refractivity (Wildman–Crippen MR) is 92.5 cm³/mol. The van der Waals surface area contributed by atoms with Crippen molar-refractivity contribution in [3.63, 3.8) is 0 Å². The number of methoxy groups -OCH3 is 1. The first-order valence-corrected chi connectivity index (χ1v) is 8.68. The summed E-state index contributed by atoms with van der Waals surface area (Å²) in [5.74, 6) is 0.392. The number of ether oxygens (including phenoxy) is 1. The summed E-state index contributed by atoms with van der Waals surface area (Å²) in [6.45, 7) is 3.89. The Balaban J connectivity index is 1.87. The standard InChI is InChI=1S/C19H23FN2O4/c1-10(2)17-9-15(22-26-17)19(24)21-18(11-6-13(23)7-11)14-8-12(20)4-5-16(14)25-3/h4-5,8-11,13,18,23H,6-7H2,1-3H3,(H,21,24). The Labute approximate surface area is 151 Å². The lowest BCUT2D eigenvalue weighted by molar-refractivity contribution is 0.0230. The fourth-order valence-corrected chi connectivity index (χ4v) is 3.18. The monoisotopic (exact) mass is 362 g/mol. The molecule has 1 saturated carbocycles. The van der Waals surface area contributed by atoms with Crippen LogP contribution in [0.4, 0.5) is 4.39 Å². The van der Waals surface area contributed by atoms with E-state index < -0.39 is 23.9 Å². The van der Waals surface area contributed by atoms with E-state index in [-0.39, 0.29) is 17.5 Å². The molecule has 1 aromatic heterocycles. The fourth-order valence-electron chi connectivity index (χ4n) is 3.18. The van der Waals surface area contributed by atoms with Gasteiger partial charge >= 0.3 is 0 Å². The number of hydrogen-bond acceptors (Lipinski definition) is 5. The number of carbonyl (C=O) groups is 1. The largest absolute Gasteiger partial charge is 0.496 e. The Morgan fingerprint density at radius 2 is 2.12 bits per heavy atom. The topological polar surface area (TPSA) is 84.6 Å². The summed E-state index contributed by atoms with van der Waals surface area (Å²) in [6, 6.07) is 5.32. The molecule has 0 radical (unpaired) electrons. The van der Waals surface area contributed by atoms with Gasteiger partial charge in [0, 0.05) is 17.5 Å². The van der Waals surface area contributed by atoms with Crippen LogP contribution in [0.15, 0.2) is 28.8 Å². The lowest BCUT2D eigenvalue weighted by Crippen LogP contribution is -2.41. The molecule has 3 rings (SSSR count). The molecule has 0 spiro atoms. The highest BCUT2D eigenvalue weighted by atomic mass is 19.1. The lowest BCUT2D eigenvalue weighted by atomic mass is 9.74. The van der Waals surface area contributed by atoms with Crippen molar-refractivity contribution >= 4 is 5.91 Å². The van der Waals surface area contributed by atoms with Crippen molar-refractivity contribution in [3.8, 4) is 5.75 Å². The third-order valence-corrected chi connectivity index (χ3v) is 4.76. The van der Waals surface area contributed by atoms with E-state index in [2.05, 4.69) is 10.5 Å². The Morgan fingerprint density at radius 3 is 2.69 bits per heavy atom. The second kappa shape index (κ2) is 7.45. The number of nitrogens with one attached hydrogen (secondary N) is 1. The number of benzene rings is 1.